The zero-order valence-electron chi connectivity index (χ0n) is 11.5. The smallest absolute Gasteiger partial charge is 0.233 e. The van der Waals surface area contributed by atoms with E-state index in [0.29, 0.717) is 17.6 Å². The van der Waals surface area contributed by atoms with Gasteiger partial charge in [-0.1, -0.05) is 25.1 Å². The lowest BCUT2D eigenvalue weighted by atomic mass is 9.85. The number of nitrogens with two attached hydrogens (primary N) is 1. The largest absolute Gasteiger partial charge is 0.392 e. The molecular formula is C14H24N2O2S. The first kappa shape index (κ1) is 14.7. The molecule has 0 radical (unpaired) electrons. The van der Waals surface area contributed by atoms with Gasteiger partial charge in [-0.15, -0.1) is 0 Å². The van der Waals surface area contributed by atoms with Crippen molar-refractivity contribution in [2.45, 2.75) is 57.5 Å². The number of nitrogens with one attached hydrogen (secondary N) is 1. The summed E-state index contributed by atoms with van der Waals surface area (Å²) in [5.74, 6) is 0.0216. The molecule has 2 fully saturated rings. The SMILES string of the molecule is NC(=S)C1(C(=O)NCCC2CCCCO2)CCCC1. The third-order valence-electron chi connectivity index (χ3n) is 4.39. The number of hydrogen-bond acceptors (Lipinski definition) is 3. The first-order valence-electron chi connectivity index (χ1n) is 7.35. The highest BCUT2D eigenvalue weighted by molar-refractivity contribution is 7.80. The van der Waals surface area contributed by atoms with Crippen molar-refractivity contribution in [1.82, 2.24) is 5.32 Å². The normalized spacial score (nSPS) is 26.0. The Balaban J connectivity index is 1.78. The molecule has 1 unspecified atom stereocenters. The molecule has 0 aromatic rings. The Morgan fingerprint density at radius 3 is 2.63 bits per heavy atom. The van der Waals surface area contributed by atoms with Crippen LogP contribution in [0.15, 0.2) is 0 Å². The Morgan fingerprint density at radius 2 is 2.05 bits per heavy atom. The van der Waals surface area contributed by atoms with Crippen molar-refractivity contribution in [3.8, 4) is 0 Å². The lowest BCUT2D eigenvalue weighted by Crippen LogP contribution is -2.47. The molecule has 2 rings (SSSR count). The van der Waals surface area contributed by atoms with Crippen LogP contribution in [0.1, 0.15) is 51.4 Å². The standard InChI is InChI=1S/C14H24N2O2S/c15-12(19)14(7-2-3-8-14)13(17)16-9-6-11-5-1-4-10-18-11/h11H,1-10H2,(H2,15,19)(H,16,17). The van der Waals surface area contributed by atoms with E-state index in [2.05, 4.69) is 5.32 Å². The van der Waals surface area contributed by atoms with Crippen molar-refractivity contribution in [1.29, 1.82) is 0 Å². The molecule has 1 heterocycles. The topological polar surface area (TPSA) is 64.4 Å². The maximum Gasteiger partial charge on any atom is 0.233 e. The molecule has 1 saturated heterocycles. The van der Waals surface area contributed by atoms with Crippen molar-refractivity contribution in [3.63, 3.8) is 0 Å². The molecule has 108 valence electrons. The molecule has 4 nitrogen and oxygen atoms in total. The summed E-state index contributed by atoms with van der Waals surface area (Å²) in [7, 11) is 0. The van der Waals surface area contributed by atoms with Gasteiger partial charge in [0.25, 0.3) is 0 Å². The molecule has 3 N–H and O–H groups in total. The molecule has 1 atom stereocenters. The fourth-order valence-electron chi connectivity index (χ4n) is 3.11. The Hall–Kier alpha value is -0.680. The van der Waals surface area contributed by atoms with Crippen molar-refractivity contribution in [2.75, 3.05) is 13.2 Å². The van der Waals surface area contributed by atoms with E-state index in [-0.39, 0.29) is 5.91 Å². The van der Waals surface area contributed by atoms with E-state index in [1.807, 2.05) is 0 Å². The molecule has 19 heavy (non-hydrogen) atoms. The van der Waals surface area contributed by atoms with Crippen LogP contribution in [0.25, 0.3) is 0 Å². The van der Waals surface area contributed by atoms with E-state index in [1.165, 1.54) is 6.42 Å². The van der Waals surface area contributed by atoms with Crippen LogP contribution < -0.4 is 11.1 Å². The van der Waals surface area contributed by atoms with Gasteiger partial charge >= 0.3 is 0 Å². The van der Waals surface area contributed by atoms with E-state index in [4.69, 9.17) is 22.7 Å². The molecule has 1 amide bonds. The number of hydrogen-bond donors (Lipinski definition) is 2. The lowest BCUT2D eigenvalue weighted by Gasteiger charge is -2.27. The van der Waals surface area contributed by atoms with Gasteiger partial charge in [0.15, 0.2) is 0 Å². The minimum atomic E-state index is -0.581. The predicted octanol–water partition coefficient (Wildman–Crippen LogP) is 1.91. The van der Waals surface area contributed by atoms with Crippen LogP contribution in [0.2, 0.25) is 0 Å². The average Bonchev–Trinajstić information content (AvgIpc) is 2.90. The lowest BCUT2D eigenvalue weighted by molar-refractivity contribution is -0.127. The number of thiocarbonyl (C=S) groups is 1. The zero-order valence-corrected chi connectivity index (χ0v) is 12.3. The molecular weight excluding hydrogens is 260 g/mol. The summed E-state index contributed by atoms with van der Waals surface area (Å²) in [6.45, 7) is 1.52. The van der Waals surface area contributed by atoms with Crippen LogP contribution in [0.4, 0.5) is 0 Å². The highest BCUT2D eigenvalue weighted by atomic mass is 32.1. The number of ether oxygens (including phenoxy) is 1. The molecule has 0 aromatic carbocycles. The van der Waals surface area contributed by atoms with Gasteiger partial charge in [-0.2, -0.15) is 0 Å². The van der Waals surface area contributed by atoms with Crippen LogP contribution in [-0.4, -0.2) is 30.2 Å². The van der Waals surface area contributed by atoms with Gasteiger partial charge in [-0.3, -0.25) is 4.79 Å². The van der Waals surface area contributed by atoms with Crippen LogP contribution in [0.5, 0.6) is 0 Å². The summed E-state index contributed by atoms with van der Waals surface area (Å²) in [6.07, 6.45) is 8.37. The quantitative estimate of drug-likeness (QED) is 0.757. The molecule has 0 aromatic heterocycles. The summed E-state index contributed by atoms with van der Waals surface area (Å²) in [5.41, 5.74) is 5.21. The van der Waals surface area contributed by atoms with Gasteiger partial charge in [0, 0.05) is 13.2 Å². The van der Waals surface area contributed by atoms with Crippen molar-refractivity contribution < 1.29 is 9.53 Å². The molecule has 1 aliphatic heterocycles. The summed E-state index contributed by atoms with van der Waals surface area (Å²) in [4.78, 5) is 12.7. The molecule has 2 aliphatic rings. The molecule has 1 aliphatic carbocycles. The molecule has 0 bridgehead atoms. The fourth-order valence-corrected chi connectivity index (χ4v) is 3.41. The van der Waals surface area contributed by atoms with E-state index in [9.17, 15) is 4.79 Å². The summed E-state index contributed by atoms with van der Waals surface area (Å²) >= 11 is 5.11. The Bertz CT molecular complexity index is 334. The Labute approximate surface area is 120 Å². The Morgan fingerprint density at radius 1 is 1.32 bits per heavy atom. The van der Waals surface area contributed by atoms with Crippen molar-refractivity contribution in [3.05, 3.63) is 0 Å². The second-order valence-electron chi connectivity index (χ2n) is 5.69. The van der Waals surface area contributed by atoms with E-state index < -0.39 is 5.41 Å². The third kappa shape index (κ3) is 3.45. The highest BCUT2D eigenvalue weighted by Crippen LogP contribution is 2.38. The third-order valence-corrected chi connectivity index (χ3v) is 4.78. The number of carbonyl (C=O) groups is 1. The predicted molar refractivity (Wildman–Crippen MR) is 78.9 cm³/mol. The van der Waals surface area contributed by atoms with E-state index in [0.717, 1.165) is 51.6 Å². The first-order valence-corrected chi connectivity index (χ1v) is 7.76. The van der Waals surface area contributed by atoms with Gasteiger partial charge < -0.3 is 15.8 Å². The summed E-state index contributed by atoms with van der Waals surface area (Å²) < 4.78 is 5.66. The summed E-state index contributed by atoms with van der Waals surface area (Å²) in [6, 6.07) is 0. The van der Waals surface area contributed by atoms with E-state index in [1.54, 1.807) is 0 Å². The maximum atomic E-state index is 12.3. The zero-order chi connectivity index (χ0) is 13.7. The van der Waals surface area contributed by atoms with Crippen LogP contribution in [0.3, 0.4) is 0 Å². The van der Waals surface area contributed by atoms with Gasteiger partial charge in [0.2, 0.25) is 5.91 Å². The van der Waals surface area contributed by atoms with Crippen LogP contribution in [-0.2, 0) is 9.53 Å². The monoisotopic (exact) mass is 284 g/mol. The van der Waals surface area contributed by atoms with E-state index >= 15 is 0 Å². The Kier molecular flexibility index (Phi) is 5.16. The number of rotatable bonds is 5. The van der Waals surface area contributed by atoms with Gasteiger partial charge in [-0.25, -0.2) is 0 Å². The van der Waals surface area contributed by atoms with Crippen LogP contribution >= 0.6 is 12.2 Å². The second kappa shape index (κ2) is 6.66. The van der Waals surface area contributed by atoms with Crippen molar-refractivity contribution >= 4 is 23.1 Å². The van der Waals surface area contributed by atoms with Gasteiger partial charge in [0.1, 0.15) is 0 Å². The average molecular weight is 284 g/mol. The van der Waals surface area contributed by atoms with Crippen molar-refractivity contribution in [2.24, 2.45) is 11.1 Å². The minimum Gasteiger partial charge on any atom is -0.392 e. The number of carbonyl (C=O) groups excluding carboxylic acids is 1. The second-order valence-corrected chi connectivity index (χ2v) is 6.13. The first-order chi connectivity index (χ1) is 9.15. The minimum absolute atomic E-state index is 0.0216. The van der Waals surface area contributed by atoms with Crippen LogP contribution in [0, 0.1) is 5.41 Å². The fraction of sp³-hybridized carbons (Fsp3) is 0.857. The van der Waals surface area contributed by atoms with Gasteiger partial charge in [-0.05, 0) is 38.5 Å². The summed E-state index contributed by atoms with van der Waals surface area (Å²) in [5, 5.41) is 3.01. The maximum absolute atomic E-state index is 12.3. The van der Waals surface area contributed by atoms with Gasteiger partial charge in [0.05, 0.1) is 16.5 Å². The highest BCUT2D eigenvalue weighted by Gasteiger charge is 2.43. The molecule has 5 heteroatoms. The number of amides is 1. The molecule has 1 saturated carbocycles. The molecule has 0 spiro atoms.